The molecule has 7 nitrogen and oxygen atoms in total. The molecule has 3 heterocycles. The van der Waals surface area contributed by atoms with Crippen molar-refractivity contribution in [2.45, 2.75) is 25.9 Å². The summed E-state index contributed by atoms with van der Waals surface area (Å²) < 4.78 is 22.5. The van der Waals surface area contributed by atoms with E-state index in [0.29, 0.717) is 24.3 Å². The monoisotopic (exact) mass is 397 g/mol. The Morgan fingerprint density at radius 1 is 1.37 bits per heavy atom. The first-order valence-corrected chi connectivity index (χ1v) is 8.57. The molecule has 2 aliphatic heterocycles. The summed E-state index contributed by atoms with van der Waals surface area (Å²) >= 11 is 0. The number of nitrogens with zero attached hydrogens (tertiary/aromatic N) is 2. The van der Waals surface area contributed by atoms with Crippen molar-refractivity contribution in [2.24, 2.45) is 11.7 Å². The zero-order valence-electron chi connectivity index (χ0n) is 14.9. The highest BCUT2D eigenvalue weighted by molar-refractivity contribution is 5.97. The molecular weight excluding hydrogens is 377 g/mol. The van der Waals surface area contributed by atoms with Gasteiger partial charge >= 0.3 is 5.97 Å². The fourth-order valence-corrected chi connectivity index (χ4v) is 3.83. The maximum atomic E-state index is 15.0. The Kier molecular flexibility index (Phi) is 4.81. The first-order valence-electron chi connectivity index (χ1n) is 8.57. The van der Waals surface area contributed by atoms with Crippen LogP contribution < -0.4 is 20.8 Å². The Hall–Kier alpha value is -2.32. The van der Waals surface area contributed by atoms with E-state index in [1.165, 1.54) is 6.20 Å². The minimum atomic E-state index is -1.33. The molecule has 9 heteroatoms. The van der Waals surface area contributed by atoms with E-state index in [4.69, 9.17) is 10.5 Å². The zero-order chi connectivity index (χ0) is 18.7. The van der Waals surface area contributed by atoms with Crippen LogP contribution >= 0.6 is 12.4 Å². The van der Waals surface area contributed by atoms with Gasteiger partial charge < -0.3 is 25.0 Å². The predicted molar refractivity (Wildman–Crippen MR) is 102 cm³/mol. The number of aromatic carboxylic acids is 1. The SMILES string of the molecule is CC1COc2c(N3C[C@@H](C)[C@@H](N)C3)c(F)cc3c(=O)c(C(=O)O)cn1c23.Cl. The number of hydrogen-bond donors (Lipinski definition) is 2. The van der Waals surface area contributed by atoms with E-state index < -0.39 is 17.2 Å². The van der Waals surface area contributed by atoms with Gasteiger partial charge in [0.15, 0.2) is 11.6 Å². The van der Waals surface area contributed by atoms with Crippen molar-refractivity contribution in [1.82, 2.24) is 4.57 Å². The largest absolute Gasteiger partial charge is 0.487 e. The van der Waals surface area contributed by atoms with Crippen molar-refractivity contribution in [3.05, 3.63) is 33.9 Å². The van der Waals surface area contributed by atoms with Crippen LogP contribution in [0.3, 0.4) is 0 Å². The van der Waals surface area contributed by atoms with Gasteiger partial charge in [0, 0.05) is 25.3 Å². The van der Waals surface area contributed by atoms with Gasteiger partial charge in [-0.1, -0.05) is 6.92 Å². The molecular formula is C18H21ClFN3O4. The molecule has 4 rings (SSSR count). The highest BCUT2D eigenvalue weighted by Gasteiger charge is 2.34. The minimum absolute atomic E-state index is 0. The summed E-state index contributed by atoms with van der Waals surface area (Å²) in [5.74, 6) is -1.44. The van der Waals surface area contributed by atoms with Crippen molar-refractivity contribution in [3.8, 4) is 5.75 Å². The smallest absolute Gasteiger partial charge is 0.341 e. The van der Waals surface area contributed by atoms with Crippen LogP contribution in [0, 0.1) is 11.7 Å². The van der Waals surface area contributed by atoms with Crippen molar-refractivity contribution in [1.29, 1.82) is 0 Å². The second-order valence-electron chi connectivity index (χ2n) is 7.22. The number of hydrogen-bond acceptors (Lipinski definition) is 5. The summed E-state index contributed by atoms with van der Waals surface area (Å²) in [6.45, 7) is 5.21. The van der Waals surface area contributed by atoms with Gasteiger partial charge in [0.2, 0.25) is 5.43 Å². The average molecular weight is 398 g/mol. The van der Waals surface area contributed by atoms with Gasteiger partial charge in [-0.3, -0.25) is 4.79 Å². The maximum Gasteiger partial charge on any atom is 0.341 e. The molecule has 0 spiro atoms. The average Bonchev–Trinajstić information content (AvgIpc) is 2.90. The molecule has 1 aromatic heterocycles. The molecule has 1 unspecified atom stereocenters. The molecule has 0 radical (unpaired) electrons. The molecule has 0 amide bonds. The van der Waals surface area contributed by atoms with E-state index in [0.717, 1.165) is 6.07 Å². The quantitative estimate of drug-likeness (QED) is 0.804. The van der Waals surface area contributed by atoms with Gasteiger partial charge in [-0.05, 0) is 18.9 Å². The van der Waals surface area contributed by atoms with Crippen LogP contribution in [0.15, 0.2) is 17.1 Å². The van der Waals surface area contributed by atoms with E-state index in [9.17, 15) is 19.1 Å². The topological polar surface area (TPSA) is 97.8 Å². The fraction of sp³-hybridized carbons (Fsp3) is 0.444. The first-order chi connectivity index (χ1) is 12.3. The molecule has 0 bridgehead atoms. The fourth-order valence-electron chi connectivity index (χ4n) is 3.83. The van der Waals surface area contributed by atoms with Crippen molar-refractivity contribution in [3.63, 3.8) is 0 Å². The van der Waals surface area contributed by atoms with Crippen LogP contribution in [0.2, 0.25) is 0 Å². The van der Waals surface area contributed by atoms with Crippen molar-refractivity contribution in [2.75, 3.05) is 24.6 Å². The Labute approximate surface area is 160 Å². The number of nitrogens with two attached hydrogens (primary N) is 1. The lowest BCUT2D eigenvalue weighted by Gasteiger charge is -2.31. The lowest BCUT2D eigenvalue weighted by Crippen LogP contribution is -2.31. The van der Waals surface area contributed by atoms with E-state index in [-0.39, 0.29) is 53.7 Å². The van der Waals surface area contributed by atoms with Gasteiger partial charge in [-0.25, -0.2) is 9.18 Å². The number of pyridine rings is 1. The number of benzene rings is 1. The van der Waals surface area contributed by atoms with Gasteiger partial charge in [0.05, 0.1) is 16.9 Å². The van der Waals surface area contributed by atoms with Crippen LogP contribution in [0.1, 0.15) is 30.2 Å². The van der Waals surface area contributed by atoms with E-state index in [1.54, 1.807) is 4.57 Å². The lowest BCUT2D eigenvalue weighted by molar-refractivity contribution is 0.0694. The molecule has 2 aromatic rings. The number of rotatable bonds is 2. The molecule has 1 aromatic carbocycles. The lowest BCUT2D eigenvalue weighted by atomic mass is 10.1. The molecule has 27 heavy (non-hydrogen) atoms. The van der Waals surface area contributed by atoms with Gasteiger partial charge in [0.1, 0.15) is 17.9 Å². The standard InChI is InChI=1S/C18H20FN3O4.ClH/c1-8-4-21(6-13(8)20)15-12(19)3-10-14-17(15)26-7-9(2)22(14)5-11(16(10)23)18(24)25;/h3,5,8-9,13H,4,6-7,20H2,1-2H3,(H,24,25);1H/t8-,9?,13+;/m1./s1. The van der Waals surface area contributed by atoms with E-state index >= 15 is 0 Å². The van der Waals surface area contributed by atoms with Gasteiger partial charge in [-0.2, -0.15) is 0 Å². The van der Waals surface area contributed by atoms with Crippen LogP contribution in [-0.2, 0) is 0 Å². The summed E-state index contributed by atoms with van der Waals surface area (Å²) in [6, 6.07) is 0.869. The minimum Gasteiger partial charge on any atom is -0.487 e. The highest BCUT2D eigenvalue weighted by atomic mass is 35.5. The van der Waals surface area contributed by atoms with Gasteiger partial charge in [0.25, 0.3) is 0 Å². The predicted octanol–water partition coefficient (Wildman–Crippen LogP) is 2.00. The summed E-state index contributed by atoms with van der Waals surface area (Å²) in [7, 11) is 0. The number of aromatic nitrogens is 1. The number of carboxylic acid groups (broad SMARTS) is 1. The Morgan fingerprint density at radius 3 is 2.67 bits per heavy atom. The maximum absolute atomic E-state index is 15.0. The number of anilines is 1. The molecule has 2 aliphatic rings. The van der Waals surface area contributed by atoms with Crippen molar-refractivity contribution >= 4 is 35.0 Å². The molecule has 1 saturated heterocycles. The molecule has 0 saturated carbocycles. The zero-order valence-corrected chi connectivity index (χ0v) is 15.8. The molecule has 3 atom stereocenters. The van der Waals surface area contributed by atoms with Crippen LogP contribution in [0.4, 0.5) is 10.1 Å². The van der Waals surface area contributed by atoms with Crippen LogP contribution in [-0.4, -0.2) is 41.4 Å². The van der Waals surface area contributed by atoms with Crippen LogP contribution in [0.25, 0.3) is 10.9 Å². The third-order valence-electron chi connectivity index (χ3n) is 5.36. The van der Waals surface area contributed by atoms with E-state index in [2.05, 4.69) is 0 Å². The molecule has 0 aliphatic carbocycles. The highest BCUT2D eigenvalue weighted by Crippen LogP contribution is 2.43. The first kappa shape index (κ1) is 19.4. The summed E-state index contributed by atoms with van der Waals surface area (Å²) in [5.41, 5.74) is 5.72. The molecule has 146 valence electrons. The van der Waals surface area contributed by atoms with E-state index in [1.807, 2.05) is 18.7 Å². The number of halogens is 2. The summed E-state index contributed by atoms with van der Waals surface area (Å²) in [6.07, 6.45) is 1.32. The van der Waals surface area contributed by atoms with Gasteiger partial charge in [-0.15, -0.1) is 12.4 Å². The third kappa shape index (κ3) is 2.83. The number of carbonyl (C=O) groups is 1. The Morgan fingerprint density at radius 2 is 2.07 bits per heavy atom. The molecule has 3 N–H and O–H groups in total. The van der Waals surface area contributed by atoms with Crippen LogP contribution in [0.5, 0.6) is 5.75 Å². The number of carboxylic acids is 1. The Bertz CT molecular complexity index is 983. The normalized spacial score (nSPS) is 23.9. The summed E-state index contributed by atoms with van der Waals surface area (Å²) in [5, 5.41) is 9.33. The second kappa shape index (κ2) is 6.69. The van der Waals surface area contributed by atoms with Crippen molar-refractivity contribution < 1.29 is 19.0 Å². The Balaban J connectivity index is 0.00000210. The molecule has 1 fully saturated rings. The second-order valence-corrected chi connectivity index (χ2v) is 7.22. The summed E-state index contributed by atoms with van der Waals surface area (Å²) in [4.78, 5) is 25.8. The third-order valence-corrected chi connectivity index (χ3v) is 5.36. The number of ether oxygens (including phenoxy) is 1.